The Morgan fingerprint density at radius 1 is 1.25 bits per heavy atom. The summed E-state index contributed by atoms with van der Waals surface area (Å²) >= 11 is 0. The molecule has 1 unspecified atom stereocenters. The van der Waals surface area contributed by atoms with Crippen molar-refractivity contribution in [2.75, 3.05) is 18.2 Å². The predicted molar refractivity (Wildman–Crippen MR) is 69.9 cm³/mol. The molecule has 0 radical (unpaired) electrons. The molecule has 0 aliphatic heterocycles. The largest absolute Gasteiger partial charge is 0.497 e. The van der Waals surface area contributed by atoms with E-state index in [1.807, 2.05) is 18.2 Å². The molecule has 0 bridgehead atoms. The van der Waals surface area contributed by atoms with Crippen molar-refractivity contribution < 1.29 is 4.74 Å². The Labute approximate surface area is 98.0 Å². The Morgan fingerprint density at radius 3 is 2.50 bits per heavy atom. The van der Waals surface area contributed by atoms with Crippen molar-refractivity contribution in [3.63, 3.8) is 0 Å². The number of nitrogens with one attached hydrogen (secondary N) is 1. The average Bonchev–Trinajstić information content (AvgIpc) is 2.14. The van der Waals surface area contributed by atoms with Crippen LogP contribution in [0.4, 0.5) is 11.4 Å². The number of nitrogens with two attached hydrogens (primary N) is 1. The molecule has 0 heterocycles. The number of rotatable bonds is 5. The fourth-order valence-corrected chi connectivity index (χ4v) is 1.87. The van der Waals surface area contributed by atoms with Gasteiger partial charge in [-0.05, 0) is 25.3 Å². The Kier molecular flexibility index (Phi) is 4.47. The van der Waals surface area contributed by atoms with E-state index < -0.39 is 0 Å². The first kappa shape index (κ1) is 12.7. The van der Waals surface area contributed by atoms with Gasteiger partial charge in [0, 0.05) is 29.5 Å². The Balaban J connectivity index is 2.69. The molecule has 0 spiro atoms. The fourth-order valence-electron chi connectivity index (χ4n) is 1.87. The van der Waals surface area contributed by atoms with Gasteiger partial charge in [-0.15, -0.1) is 0 Å². The van der Waals surface area contributed by atoms with E-state index in [2.05, 4.69) is 26.1 Å². The van der Waals surface area contributed by atoms with Crippen LogP contribution in [0.25, 0.3) is 0 Å². The molecule has 0 amide bonds. The van der Waals surface area contributed by atoms with Crippen molar-refractivity contribution in [1.29, 1.82) is 0 Å². The molecule has 0 saturated heterocycles. The first-order valence-corrected chi connectivity index (χ1v) is 5.72. The number of ether oxygens (including phenoxy) is 1. The normalized spacial score (nSPS) is 12.6. The van der Waals surface area contributed by atoms with Crippen LogP contribution >= 0.6 is 0 Å². The minimum absolute atomic E-state index is 0.437. The Morgan fingerprint density at radius 2 is 1.94 bits per heavy atom. The van der Waals surface area contributed by atoms with Crippen LogP contribution in [0.15, 0.2) is 18.2 Å². The van der Waals surface area contributed by atoms with E-state index in [4.69, 9.17) is 10.5 Å². The number of hydrogen-bond donors (Lipinski definition) is 2. The average molecular weight is 222 g/mol. The highest BCUT2D eigenvalue weighted by Crippen LogP contribution is 2.23. The molecule has 3 heteroatoms. The molecular formula is C13H22N2O. The molecule has 3 N–H and O–H groups in total. The first-order chi connectivity index (χ1) is 7.51. The summed E-state index contributed by atoms with van der Waals surface area (Å²) in [5.74, 6) is 1.48. The topological polar surface area (TPSA) is 47.3 Å². The molecule has 0 aromatic heterocycles. The van der Waals surface area contributed by atoms with Crippen LogP contribution in [-0.2, 0) is 0 Å². The highest BCUT2D eigenvalue weighted by molar-refractivity contribution is 5.59. The summed E-state index contributed by atoms with van der Waals surface area (Å²) in [6, 6.07) is 6.15. The van der Waals surface area contributed by atoms with E-state index in [-0.39, 0.29) is 0 Å². The molecule has 1 aromatic rings. The number of methoxy groups -OCH3 is 1. The molecular weight excluding hydrogens is 200 g/mol. The summed E-state index contributed by atoms with van der Waals surface area (Å²) in [6.07, 6.45) is 1.14. The third-order valence-electron chi connectivity index (χ3n) is 2.40. The van der Waals surface area contributed by atoms with Crippen LogP contribution in [0, 0.1) is 5.92 Å². The van der Waals surface area contributed by atoms with Gasteiger partial charge in [0.1, 0.15) is 5.75 Å². The van der Waals surface area contributed by atoms with E-state index >= 15 is 0 Å². The van der Waals surface area contributed by atoms with E-state index in [0.29, 0.717) is 12.0 Å². The first-order valence-electron chi connectivity index (χ1n) is 5.72. The molecule has 1 aromatic carbocycles. The lowest BCUT2D eigenvalue weighted by Gasteiger charge is -2.18. The molecule has 0 saturated carbocycles. The van der Waals surface area contributed by atoms with E-state index in [1.54, 1.807) is 7.11 Å². The highest BCUT2D eigenvalue weighted by Gasteiger charge is 2.06. The minimum atomic E-state index is 0.437. The van der Waals surface area contributed by atoms with Gasteiger partial charge >= 0.3 is 0 Å². The number of hydrogen-bond acceptors (Lipinski definition) is 3. The van der Waals surface area contributed by atoms with Crippen LogP contribution in [0.5, 0.6) is 5.75 Å². The molecule has 0 aliphatic rings. The van der Waals surface area contributed by atoms with Gasteiger partial charge in [0.2, 0.25) is 0 Å². The molecule has 1 rings (SSSR count). The molecule has 0 fully saturated rings. The molecule has 90 valence electrons. The molecule has 16 heavy (non-hydrogen) atoms. The third-order valence-corrected chi connectivity index (χ3v) is 2.40. The predicted octanol–water partition coefficient (Wildman–Crippen LogP) is 3.12. The molecule has 3 nitrogen and oxygen atoms in total. The van der Waals surface area contributed by atoms with Gasteiger partial charge in [0.05, 0.1) is 7.11 Å². The zero-order chi connectivity index (χ0) is 12.1. The smallest absolute Gasteiger partial charge is 0.122 e. The van der Waals surface area contributed by atoms with Gasteiger partial charge in [-0.1, -0.05) is 13.8 Å². The second-order valence-corrected chi connectivity index (χ2v) is 4.67. The summed E-state index contributed by atoms with van der Waals surface area (Å²) in [7, 11) is 1.65. The molecule has 0 aliphatic carbocycles. The maximum Gasteiger partial charge on any atom is 0.122 e. The van der Waals surface area contributed by atoms with Gasteiger partial charge in [-0.25, -0.2) is 0 Å². The van der Waals surface area contributed by atoms with Gasteiger partial charge in [0.15, 0.2) is 0 Å². The third kappa shape index (κ3) is 4.01. The van der Waals surface area contributed by atoms with Gasteiger partial charge < -0.3 is 15.8 Å². The van der Waals surface area contributed by atoms with Gasteiger partial charge in [0.25, 0.3) is 0 Å². The van der Waals surface area contributed by atoms with Gasteiger partial charge in [-0.2, -0.15) is 0 Å². The standard InChI is InChI=1S/C13H22N2O/c1-9(2)5-10(3)15-12-6-11(14)7-13(8-12)16-4/h6-10,15H,5,14H2,1-4H3. The second-order valence-electron chi connectivity index (χ2n) is 4.67. The van der Waals surface area contributed by atoms with Crippen molar-refractivity contribution in [3.8, 4) is 5.75 Å². The monoisotopic (exact) mass is 222 g/mol. The quantitative estimate of drug-likeness (QED) is 0.752. The van der Waals surface area contributed by atoms with Crippen molar-refractivity contribution in [1.82, 2.24) is 0 Å². The van der Waals surface area contributed by atoms with Crippen LogP contribution in [0.3, 0.4) is 0 Å². The SMILES string of the molecule is COc1cc(N)cc(NC(C)CC(C)C)c1. The van der Waals surface area contributed by atoms with Gasteiger partial charge in [-0.3, -0.25) is 0 Å². The Bertz CT molecular complexity index is 337. The van der Waals surface area contributed by atoms with E-state index in [1.165, 1.54) is 0 Å². The lowest BCUT2D eigenvalue weighted by molar-refractivity contribution is 0.415. The summed E-state index contributed by atoms with van der Waals surface area (Å²) in [5, 5.41) is 3.43. The zero-order valence-electron chi connectivity index (χ0n) is 10.6. The van der Waals surface area contributed by atoms with Crippen molar-refractivity contribution in [2.45, 2.75) is 33.2 Å². The number of anilines is 2. The summed E-state index contributed by atoms with van der Waals surface area (Å²) in [6.45, 7) is 6.62. The van der Waals surface area contributed by atoms with Crippen molar-refractivity contribution >= 4 is 11.4 Å². The van der Waals surface area contributed by atoms with E-state index in [0.717, 1.165) is 23.5 Å². The van der Waals surface area contributed by atoms with Crippen molar-refractivity contribution in [3.05, 3.63) is 18.2 Å². The highest BCUT2D eigenvalue weighted by atomic mass is 16.5. The maximum absolute atomic E-state index is 5.79. The van der Waals surface area contributed by atoms with Crippen LogP contribution in [-0.4, -0.2) is 13.2 Å². The molecule has 1 atom stereocenters. The van der Waals surface area contributed by atoms with E-state index in [9.17, 15) is 0 Å². The lowest BCUT2D eigenvalue weighted by atomic mass is 10.1. The van der Waals surface area contributed by atoms with Crippen LogP contribution in [0.2, 0.25) is 0 Å². The van der Waals surface area contributed by atoms with Crippen LogP contribution < -0.4 is 15.8 Å². The van der Waals surface area contributed by atoms with Crippen molar-refractivity contribution in [2.24, 2.45) is 5.92 Å². The fraction of sp³-hybridized carbons (Fsp3) is 0.538. The summed E-state index contributed by atoms with van der Waals surface area (Å²) in [4.78, 5) is 0. The minimum Gasteiger partial charge on any atom is -0.497 e. The number of benzene rings is 1. The summed E-state index contributed by atoms with van der Waals surface area (Å²) < 4.78 is 5.18. The maximum atomic E-state index is 5.79. The zero-order valence-corrected chi connectivity index (χ0v) is 10.6. The lowest BCUT2D eigenvalue weighted by Crippen LogP contribution is -2.17. The second kappa shape index (κ2) is 5.64. The number of nitrogen functional groups attached to an aromatic ring is 1. The summed E-state index contributed by atoms with van der Waals surface area (Å²) in [5.41, 5.74) is 7.53. The Hall–Kier alpha value is -1.38. The van der Waals surface area contributed by atoms with Crippen LogP contribution in [0.1, 0.15) is 27.2 Å².